The number of alkyl halides is 3. The first-order chi connectivity index (χ1) is 32.5. The van der Waals surface area contributed by atoms with Crippen molar-refractivity contribution in [3.8, 4) is 33.9 Å². The molecule has 0 fully saturated rings. The Morgan fingerprint density at radius 1 is 0.574 bits per heavy atom. The van der Waals surface area contributed by atoms with E-state index < -0.39 is 37.3 Å². The predicted octanol–water partition coefficient (Wildman–Crippen LogP) is 7.69. The second kappa shape index (κ2) is 16.7. The van der Waals surface area contributed by atoms with Crippen molar-refractivity contribution in [3.63, 3.8) is 0 Å². The van der Waals surface area contributed by atoms with E-state index in [1.165, 1.54) is 50.0 Å². The standard InChI is InChI=1S/C49H41F3N8O6S2/c1-30-7-17-37(18-8-30)67(63,64)57-26-22-42-44(40-6-4-24-54-46(40)57)56-60(48(42)62)36-28-31(2)27-33(29-36)10-9-32-11-19-38(20-12-32)68(65,66)58-25-21-41-43(39-5-3-23-53-45(39)58)55-59(47(41)61)35-15-13-34(14-16-35)49(50,51)52/h3-8,11-20,23-24,27-29,55-56H,9-10,21-22,25-26H2,1-2H3. The normalized spacial score (nSPS) is 13.8. The van der Waals surface area contributed by atoms with E-state index in [2.05, 4.69) is 20.2 Å². The molecule has 10 rings (SSSR count). The van der Waals surface area contributed by atoms with Crippen molar-refractivity contribution in [1.29, 1.82) is 0 Å². The number of aromatic amines is 2. The van der Waals surface area contributed by atoms with Crippen LogP contribution in [0.5, 0.6) is 0 Å². The summed E-state index contributed by atoms with van der Waals surface area (Å²) in [6.45, 7) is 3.70. The largest absolute Gasteiger partial charge is 0.416 e. The van der Waals surface area contributed by atoms with Gasteiger partial charge < -0.3 is 0 Å². The lowest BCUT2D eigenvalue weighted by Gasteiger charge is -2.23. The van der Waals surface area contributed by atoms with E-state index in [4.69, 9.17) is 0 Å². The van der Waals surface area contributed by atoms with Crippen LogP contribution >= 0.6 is 0 Å². The van der Waals surface area contributed by atoms with Gasteiger partial charge in [-0.05, 0) is 141 Å². The van der Waals surface area contributed by atoms with Gasteiger partial charge in [-0.1, -0.05) is 35.9 Å². The molecular formula is C49H41F3N8O6S2. The summed E-state index contributed by atoms with van der Waals surface area (Å²) in [5, 5.41) is 6.26. The molecule has 6 heterocycles. The minimum absolute atomic E-state index is 0.00362. The Bertz CT molecular complexity index is 3620. The molecule has 0 unspecified atom stereocenters. The summed E-state index contributed by atoms with van der Waals surface area (Å²) in [4.78, 5) is 36.9. The molecule has 0 aliphatic carbocycles. The van der Waals surface area contributed by atoms with Crippen LogP contribution in [-0.4, -0.2) is 59.5 Å². The zero-order valence-corrected chi connectivity index (χ0v) is 38.1. The van der Waals surface area contributed by atoms with Gasteiger partial charge in [0.05, 0.1) is 38.1 Å². The van der Waals surface area contributed by atoms with Crippen molar-refractivity contribution in [2.24, 2.45) is 0 Å². The highest BCUT2D eigenvalue weighted by atomic mass is 32.2. The number of pyridine rings is 2. The van der Waals surface area contributed by atoms with Crippen LogP contribution in [0.25, 0.3) is 33.9 Å². The van der Waals surface area contributed by atoms with Gasteiger partial charge in [-0.3, -0.25) is 19.8 Å². The fraction of sp³-hybridized carbons (Fsp3) is 0.184. The van der Waals surface area contributed by atoms with Crippen molar-refractivity contribution in [2.45, 2.75) is 55.5 Å². The number of sulfonamides is 2. The second-order valence-corrected chi connectivity index (χ2v) is 20.5. The van der Waals surface area contributed by atoms with E-state index in [9.17, 15) is 39.6 Å². The Morgan fingerprint density at radius 2 is 1.06 bits per heavy atom. The average Bonchev–Trinajstić information content (AvgIpc) is 3.68. The Labute approximate surface area is 388 Å². The number of hydrogen-bond donors (Lipinski definition) is 2. The molecule has 0 atom stereocenters. The van der Waals surface area contributed by atoms with Gasteiger partial charge in [-0.25, -0.2) is 44.8 Å². The number of anilines is 2. The molecule has 19 heteroatoms. The third-order valence-corrected chi connectivity index (χ3v) is 16.0. The smallest absolute Gasteiger partial charge is 0.290 e. The molecular weight excluding hydrogens is 918 g/mol. The Hall–Kier alpha value is -7.51. The molecule has 4 aromatic carbocycles. The molecule has 0 radical (unpaired) electrons. The number of nitrogens with one attached hydrogen (secondary N) is 2. The zero-order valence-electron chi connectivity index (χ0n) is 36.5. The van der Waals surface area contributed by atoms with Gasteiger partial charge in [-0.15, -0.1) is 0 Å². The molecule has 0 saturated heterocycles. The molecule has 8 aromatic rings. The molecule has 0 spiro atoms. The van der Waals surface area contributed by atoms with Gasteiger partial charge in [-0.2, -0.15) is 13.2 Å². The number of aromatic nitrogens is 6. The molecule has 14 nitrogen and oxygen atoms in total. The quantitative estimate of drug-likeness (QED) is 0.148. The van der Waals surface area contributed by atoms with E-state index >= 15 is 0 Å². The Balaban J connectivity index is 0.874. The van der Waals surface area contributed by atoms with Gasteiger partial charge in [0, 0.05) is 47.7 Å². The summed E-state index contributed by atoms with van der Waals surface area (Å²) >= 11 is 0. The topological polar surface area (TPSA) is 176 Å². The highest BCUT2D eigenvalue weighted by Gasteiger charge is 2.36. The van der Waals surface area contributed by atoms with Crippen molar-refractivity contribution in [2.75, 3.05) is 21.7 Å². The molecule has 0 bridgehead atoms. The van der Waals surface area contributed by atoms with Gasteiger partial charge in [0.2, 0.25) is 0 Å². The van der Waals surface area contributed by atoms with E-state index in [-0.39, 0.29) is 64.2 Å². The van der Waals surface area contributed by atoms with Crippen LogP contribution in [0.15, 0.2) is 147 Å². The van der Waals surface area contributed by atoms with Crippen molar-refractivity contribution in [1.82, 2.24) is 29.5 Å². The second-order valence-electron chi connectivity index (χ2n) is 16.8. The maximum absolute atomic E-state index is 14.3. The predicted molar refractivity (Wildman–Crippen MR) is 250 cm³/mol. The molecule has 2 aliphatic rings. The van der Waals surface area contributed by atoms with Crippen molar-refractivity contribution >= 4 is 31.7 Å². The van der Waals surface area contributed by atoms with E-state index in [1.54, 1.807) is 60.7 Å². The first-order valence-electron chi connectivity index (χ1n) is 21.6. The fourth-order valence-corrected chi connectivity index (χ4v) is 11.8. The maximum atomic E-state index is 14.3. The van der Waals surface area contributed by atoms with Crippen LogP contribution in [-0.2, 0) is 51.9 Å². The SMILES string of the molecule is Cc1ccc(S(=O)(=O)N2CCc3c([nH]n(-c4cc(C)cc(CCc5ccc(S(=O)(=O)N6CCc7c([nH]n(-c8ccc(C(F)(F)F)cc8)c7=O)-c7cccnc76)cc5)c4)c3=O)-c3cccnc32)cc1. The molecule has 346 valence electrons. The summed E-state index contributed by atoms with van der Waals surface area (Å²) in [5.41, 5.74) is 5.08. The van der Waals surface area contributed by atoms with Gasteiger partial charge >= 0.3 is 6.18 Å². The van der Waals surface area contributed by atoms with Gasteiger partial charge in [0.1, 0.15) is 0 Å². The monoisotopic (exact) mass is 958 g/mol. The number of H-pyrrole nitrogens is 2. The summed E-state index contributed by atoms with van der Waals surface area (Å²) < 4.78 is 101. The number of rotatable bonds is 9. The van der Waals surface area contributed by atoms with Gasteiger partial charge in [0.25, 0.3) is 31.2 Å². The highest BCUT2D eigenvalue weighted by Crippen LogP contribution is 2.38. The lowest BCUT2D eigenvalue weighted by Crippen LogP contribution is -2.34. The lowest BCUT2D eigenvalue weighted by molar-refractivity contribution is -0.137. The van der Waals surface area contributed by atoms with Crippen LogP contribution in [0.2, 0.25) is 0 Å². The molecule has 0 saturated carbocycles. The molecule has 2 aliphatic heterocycles. The molecule has 4 aromatic heterocycles. The van der Waals surface area contributed by atoms with Gasteiger partial charge in [0.15, 0.2) is 11.6 Å². The van der Waals surface area contributed by atoms with Crippen LogP contribution < -0.4 is 19.7 Å². The molecule has 2 N–H and O–H groups in total. The van der Waals surface area contributed by atoms with E-state index in [0.29, 0.717) is 46.6 Å². The first-order valence-corrected chi connectivity index (χ1v) is 24.5. The van der Waals surface area contributed by atoms with E-state index in [1.807, 2.05) is 32.0 Å². The minimum atomic E-state index is -4.54. The number of hydrogen-bond acceptors (Lipinski definition) is 8. The van der Waals surface area contributed by atoms with E-state index in [0.717, 1.165) is 39.1 Å². The average molecular weight is 959 g/mol. The maximum Gasteiger partial charge on any atom is 0.416 e. The number of benzene rings is 4. The van der Waals surface area contributed by atoms with Crippen LogP contribution in [0.3, 0.4) is 0 Å². The van der Waals surface area contributed by atoms with Crippen molar-refractivity contribution in [3.05, 3.63) is 187 Å². The third kappa shape index (κ3) is 7.79. The Morgan fingerprint density at radius 3 is 1.57 bits per heavy atom. The third-order valence-electron chi connectivity index (χ3n) is 12.3. The summed E-state index contributed by atoms with van der Waals surface area (Å²) in [6, 6.07) is 29.8. The number of halogens is 3. The summed E-state index contributed by atoms with van der Waals surface area (Å²) in [7, 11) is -8.19. The van der Waals surface area contributed by atoms with Crippen LogP contribution in [0, 0.1) is 13.8 Å². The summed E-state index contributed by atoms with van der Waals surface area (Å²) in [5.74, 6) is 0.317. The first kappa shape index (κ1) is 44.3. The van der Waals surface area contributed by atoms with Crippen LogP contribution in [0.4, 0.5) is 24.8 Å². The summed E-state index contributed by atoms with van der Waals surface area (Å²) in [6.07, 6.45) is -0.323. The highest BCUT2D eigenvalue weighted by molar-refractivity contribution is 7.93. The number of fused-ring (bicyclic) bond motifs is 6. The zero-order chi connectivity index (χ0) is 47.7. The van der Waals surface area contributed by atoms with Crippen molar-refractivity contribution < 1.29 is 30.0 Å². The minimum Gasteiger partial charge on any atom is -0.290 e. The number of nitrogens with zero attached hydrogens (tertiary/aromatic N) is 6. The number of aryl methyl sites for hydroxylation is 4. The lowest BCUT2D eigenvalue weighted by atomic mass is 10.0. The fourth-order valence-electron chi connectivity index (χ4n) is 8.90. The van der Waals surface area contributed by atoms with Crippen LogP contribution in [0.1, 0.15) is 38.9 Å². The Kier molecular flexibility index (Phi) is 10.9. The molecule has 68 heavy (non-hydrogen) atoms. The molecule has 0 amide bonds.